The molecule has 0 heterocycles. The molecule has 2 aromatic carbocycles. The third kappa shape index (κ3) is 2.83. The Morgan fingerprint density at radius 1 is 1.05 bits per heavy atom. The van der Waals surface area contributed by atoms with Crippen LogP contribution in [0.3, 0.4) is 0 Å². The van der Waals surface area contributed by atoms with E-state index in [2.05, 4.69) is 0 Å². The highest BCUT2D eigenvalue weighted by Crippen LogP contribution is 2.34. The number of primary amides is 1. The van der Waals surface area contributed by atoms with Gasteiger partial charge in [-0.25, -0.2) is 0 Å². The van der Waals surface area contributed by atoms with Crippen LogP contribution < -0.4 is 20.9 Å². The van der Waals surface area contributed by atoms with Gasteiger partial charge in [0.05, 0.1) is 7.11 Å². The normalized spacial score (nSPS) is 10.1. The standard InChI is InChI=1S/C15H16N2O3/c1-9-7-11(16)4-6-12(9)20-13-5-3-10(15(17)18)8-14(13)19-2/h3-8H,16H2,1-2H3,(H2,17,18). The summed E-state index contributed by atoms with van der Waals surface area (Å²) in [5.41, 5.74) is 12.9. The van der Waals surface area contributed by atoms with Crippen LogP contribution in [-0.4, -0.2) is 13.0 Å². The molecule has 5 heteroatoms. The van der Waals surface area contributed by atoms with Crippen molar-refractivity contribution < 1.29 is 14.3 Å². The van der Waals surface area contributed by atoms with E-state index in [0.717, 1.165) is 5.56 Å². The molecule has 0 aromatic heterocycles. The van der Waals surface area contributed by atoms with Gasteiger partial charge < -0.3 is 20.9 Å². The van der Waals surface area contributed by atoms with Crippen molar-refractivity contribution in [3.63, 3.8) is 0 Å². The van der Waals surface area contributed by atoms with Crippen LogP contribution in [0.5, 0.6) is 17.2 Å². The molecule has 0 saturated heterocycles. The number of hydrogen-bond acceptors (Lipinski definition) is 4. The number of methoxy groups -OCH3 is 1. The molecule has 4 N–H and O–H groups in total. The van der Waals surface area contributed by atoms with Crippen molar-refractivity contribution in [2.45, 2.75) is 6.92 Å². The molecule has 0 radical (unpaired) electrons. The molecule has 0 fully saturated rings. The zero-order chi connectivity index (χ0) is 14.7. The van der Waals surface area contributed by atoms with Gasteiger partial charge in [0.15, 0.2) is 11.5 Å². The van der Waals surface area contributed by atoms with Crippen LogP contribution in [0.4, 0.5) is 5.69 Å². The third-order valence-electron chi connectivity index (χ3n) is 2.87. The fourth-order valence-electron chi connectivity index (χ4n) is 1.81. The Bertz CT molecular complexity index is 654. The average Bonchev–Trinajstić information content (AvgIpc) is 2.42. The maximum absolute atomic E-state index is 11.1. The number of benzene rings is 2. The Balaban J connectivity index is 2.35. The van der Waals surface area contributed by atoms with Gasteiger partial charge in [-0.15, -0.1) is 0 Å². The number of nitrogens with two attached hydrogens (primary N) is 2. The van der Waals surface area contributed by atoms with Gasteiger partial charge in [-0.1, -0.05) is 0 Å². The summed E-state index contributed by atoms with van der Waals surface area (Å²) in [6.07, 6.45) is 0. The third-order valence-corrected chi connectivity index (χ3v) is 2.87. The van der Waals surface area contributed by atoms with E-state index in [0.29, 0.717) is 28.5 Å². The average molecular weight is 272 g/mol. The van der Waals surface area contributed by atoms with Crippen molar-refractivity contribution in [3.05, 3.63) is 47.5 Å². The van der Waals surface area contributed by atoms with E-state index in [1.54, 1.807) is 30.3 Å². The Morgan fingerprint density at radius 3 is 2.35 bits per heavy atom. The summed E-state index contributed by atoms with van der Waals surface area (Å²) in [5, 5.41) is 0. The number of aryl methyl sites for hydroxylation is 1. The van der Waals surface area contributed by atoms with Gasteiger partial charge in [-0.2, -0.15) is 0 Å². The number of carbonyl (C=O) groups is 1. The minimum absolute atomic E-state index is 0.364. The molecule has 0 spiro atoms. The predicted octanol–water partition coefficient (Wildman–Crippen LogP) is 2.48. The Kier molecular flexibility index (Phi) is 3.79. The van der Waals surface area contributed by atoms with E-state index in [4.69, 9.17) is 20.9 Å². The number of amides is 1. The van der Waals surface area contributed by atoms with Crippen LogP contribution in [0.15, 0.2) is 36.4 Å². The first-order valence-corrected chi connectivity index (χ1v) is 6.03. The number of rotatable bonds is 4. The van der Waals surface area contributed by atoms with Crippen molar-refractivity contribution in [1.29, 1.82) is 0 Å². The first-order chi connectivity index (χ1) is 9.51. The highest BCUT2D eigenvalue weighted by Gasteiger charge is 2.10. The highest BCUT2D eigenvalue weighted by molar-refractivity contribution is 5.93. The van der Waals surface area contributed by atoms with E-state index in [-0.39, 0.29) is 0 Å². The molecule has 104 valence electrons. The molecule has 0 atom stereocenters. The summed E-state index contributed by atoms with van der Waals surface area (Å²) in [6.45, 7) is 1.90. The van der Waals surface area contributed by atoms with Crippen molar-refractivity contribution >= 4 is 11.6 Å². The Hall–Kier alpha value is -2.69. The first-order valence-electron chi connectivity index (χ1n) is 6.03. The van der Waals surface area contributed by atoms with Crippen molar-refractivity contribution in [2.24, 2.45) is 5.73 Å². The summed E-state index contributed by atoms with van der Waals surface area (Å²) in [7, 11) is 1.50. The maximum Gasteiger partial charge on any atom is 0.248 e. The lowest BCUT2D eigenvalue weighted by Gasteiger charge is -2.13. The maximum atomic E-state index is 11.1. The fourth-order valence-corrected chi connectivity index (χ4v) is 1.81. The van der Waals surface area contributed by atoms with E-state index in [1.165, 1.54) is 7.11 Å². The molecule has 2 rings (SSSR count). The van der Waals surface area contributed by atoms with Gasteiger partial charge in [-0.3, -0.25) is 4.79 Å². The van der Waals surface area contributed by atoms with E-state index in [1.807, 2.05) is 13.0 Å². The van der Waals surface area contributed by atoms with Crippen molar-refractivity contribution in [3.8, 4) is 17.2 Å². The lowest BCUT2D eigenvalue weighted by molar-refractivity contribution is 0.1000. The second kappa shape index (κ2) is 5.52. The fraction of sp³-hybridized carbons (Fsp3) is 0.133. The molecule has 2 aromatic rings. The van der Waals surface area contributed by atoms with Gasteiger partial charge in [0.2, 0.25) is 5.91 Å². The lowest BCUT2D eigenvalue weighted by atomic mass is 10.2. The Labute approximate surface area is 117 Å². The first kappa shape index (κ1) is 13.7. The topological polar surface area (TPSA) is 87.6 Å². The van der Waals surface area contributed by atoms with Gasteiger partial charge in [0.1, 0.15) is 5.75 Å². The van der Waals surface area contributed by atoms with Crippen LogP contribution in [-0.2, 0) is 0 Å². The molecular formula is C15H16N2O3. The highest BCUT2D eigenvalue weighted by atomic mass is 16.5. The molecular weight excluding hydrogens is 256 g/mol. The summed E-state index contributed by atoms with van der Waals surface area (Å²) < 4.78 is 11.0. The molecule has 20 heavy (non-hydrogen) atoms. The van der Waals surface area contributed by atoms with Crippen LogP contribution in [0, 0.1) is 6.92 Å². The van der Waals surface area contributed by atoms with Crippen LogP contribution in [0.25, 0.3) is 0 Å². The summed E-state index contributed by atoms with van der Waals surface area (Å²) in [6, 6.07) is 10.1. The lowest BCUT2D eigenvalue weighted by Crippen LogP contribution is -2.10. The van der Waals surface area contributed by atoms with Crippen molar-refractivity contribution in [1.82, 2.24) is 0 Å². The van der Waals surface area contributed by atoms with Gasteiger partial charge in [-0.05, 0) is 48.9 Å². The SMILES string of the molecule is COc1cc(C(N)=O)ccc1Oc1ccc(N)cc1C. The van der Waals surface area contributed by atoms with Gasteiger partial charge in [0.25, 0.3) is 0 Å². The summed E-state index contributed by atoms with van der Waals surface area (Å²) in [5.74, 6) is 1.10. The zero-order valence-electron chi connectivity index (χ0n) is 11.3. The second-order valence-electron chi connectivity index (χ2n) is 4.36. The smallest absolute Gasteiger partial charge is 0.248 e. The summed E-state index contributed by atoms with van der Waals surface area (Å²) in [4.78, 5) is 11.1. The molecule has 5 nitrogen and oxygen atoms in total. The zero-order valence-corrected chi connectivity index (χ0v) is 11.3. The minimum Gasteiger partial charge on any atom is -0.493 e. The molecule has 0 saturated carbocycles. The van der Waals surface area contributed by atoms with Crippen LogP contribution in [0.1, 0.15) is 15.9 Å². The largest absolute Gasteiger partial charge is 0.493 e. The van der Waals surface area contributed by atoms with E-state index >= 15 is 0 Å². The molecule has 0 aliphatic heterocycles. The Morgan fingerprint density at radius 2 is 1.75 bits per heavy atom. The van der Waals surface area contributed by atoms with E-state index < -0.39 is 5.91 Å². The van der Waals surface area contributed by atoms with Gasteiger partial charge >= 0.3 is 0 Å². The molecule has 1 amide bonds. The second-order valence-corrected chi connectivity index (χ2v) is 4.36. The van der Waals surface area contributed by atoms with Crippen molar-refractivity contribution in [2.75, 3.05) is 12.8 Å². The predicted molar refractivity (Wildman–Crippen MR) is 77.2 cm³/mol. The molecule has 0 bridgehead atoms. The quantitative estimate of drug-likeness (QED) is 0.837. The monoisotopic (exact) mass is 272 g/mol. The molecule has 0 aliphatic carbocycles. The van der Waals surface area contributed by atoms with E-state index in [9.17, 15) is 4.79 Å². The minimum atomic E-state index is -0.515. The molecule has 0 aliphatic rings. The number of nitrogen functional groups attached to an aromatic ring is 1. The number of carbonyl (C=O) groups excluding carboxylic acids is 1. The summed E-state index contributed by atoms with van der Waals surface area (Å²) >= 11 is 0. The number of anilines is 1. The molecule has 0 unspecified atom stereocenters. The van der Waals surface area contributed by atoms with Crippen LogP contribution in [0.2, 0.25) is 0 Å². The van der Waals surface area contributed by atoms with Gasteiger partial charge in [0, 0.05) is 11.3 Å². The van der Waals surface area contributed by atoms with Crippen LogP contribution >= 0.6 is 0 Å². The number of ether oxygens (including phenoxy) is 2. The number of hydrogen-bond donors (Lipinski definition) is 2.